The van der Waals surface area contributed by atoms with E-state index in [1.54, 1.807) is 28.3 Å². The lowest BCUT2D eigenvalue weighted by Crippen LogP contribution is -2.16. The van der Waals surface area contributed by atoms with Crippen LogP contribution in [0.1, 0.15) is 16.1 Å². The molecule has 8 nitrogen and oxygen atoms in total. The van der Waals surface area contributed by atoms with Crippen molar-refractivity contribution in [3.8, 4) is 22.5 Å². The summed E-state index contributed by atoms with van der Waals surface area (Å²) in [5.74, 6) is 0.132. The number of hydrogen-bond donors (Lipinski definition) is 1. The highest BCUT2D eigenvalue weighted by atomic mass is 32.2. The summed E-state index contributed by atoms with van der Waals surface area (Å²) in [5, 5.41) is 13.8. The number of ether oxygens (including phenoxy) is 1. The Morgan fingerprint density at radius 3 is 2.64 bits per heavy atom. The Bertz CT molecular complexity index is 1310. The summed E-state index contributed by atoms with van der Waals surface area (Å²) in [4.78, 5) is 25.1. The lowest BCUT2D eigenvalue weighted by atomic mass is 10.0. The quantitative estimate of drug-likeness (QED) is 0.297. The minimum atomic E-state index is -0.591. The number of aryl methyl sites for hydroxylation is 1. The Morgan fingerprint density at radius 2 is 1.97 bits per heavy atom. The third-order valence-corrected chi connectivity index (χ3v) is 6.77. The van der Waals surface area contributed by atoms with Crippen molar-refractivity contribution in [1.29, 1.82) is 0 Å². The molecule has 1 N–H and O–H groups in total. The van der Waals surface area contributed by atoms with Gasteiger partial charge in [-0.05, 0) is 30.7 Å². The largest absolute Gasteiger partial charge is 0.469 e. The monoisotopic (exact) mass is 486 g/mol. The average molecular weight is 487 g/mol. The van der Waals surface area contributed by atoms with Crippen LogP contribution < -0.4 is 5.32 Å². The summed E-state index contributed by atoms with van der Waals surface area (Å²) in [7, 11) is 3.08. The van der Waals surface area contributed by atoms with Gasteiger partial charge in [0.25, 0.3) is 0 Å². The molecule has 0 saturated heterocycles. The van der Waals surface area contributed by atoms with Gasteiger partial charge in [-0.3, -0.25) is 4.79 Å². The Balaban J connectivity index is 1.49. The fourth-order valence-electron chi connectivity index (χ4n) is 3.18. The second-order valence-electron chi connectivity index (χ2n) is 6.94. The lowest BCUT2D eigenvalue weighted by Gasteiger charge is -2.08. The van der Waals surface area contributed by atoms with E-state index in [4.69, 9.17) is 9.15 Å². The van der Waals surface area contributed by atoms with Crippen LogP contribution in [0.15, 0.2) is 51.5 Å². The van der Waals surface area contributed by atoms with Gasteiger partial charge in [0.2, 0.25) is 5.91 Å². The summed E-state index contributed by atoms with van der Waals surface area (Å²) in [6.45, 7) is 1.84. The van der Waals surface area contributed by atoms with Gasteiger partial charge in [0.05, 0.1) is 24.7 Å². The second-order valence-corrected chi connectivity index (χ2v) is 8.77. The molecule has 0 unspecified atom stereocenters. The number of furan rings is 1. The predicted molar refractivity (Wildman–Crippen MR) is 124 cm³/mol. The van der Waals surface area contributed by atoms with E-state index in [0.717, 1.165) is 11.3 Å². The highest BCUT2D eigenvalue weighted by Gasteiger charge is 2.23. The van der Waals surface area contributed by atoms with Crippen molar-refractivity contribution < 1.29 is 23.1 Å². The molecule has 4 rings (SSSR count). The fourth-order valence-corrected chi connectivity index (χ4v) is 4.87. The molecule has 0 bridgehead atoms. The first-order chi connectivity index (χ1) is 15.9. The molecule has 1 amide bonds. The van der Waals surface area contributed by atoms with Crippen LogP contribution in [0.5, 0.6) is 0 Å². The molecule has 0 aliphatic heterocycles. The summed E-state index contributed by atoms with van der Waals surface area (Å²) in [5.41, 5.74) is 2.26. The Hall–Kier alpha value is -3.44. The third-order valence-electron chi connectivity index (χ3n) is 4.86. The van der Waals surface area contributed by atoms with Gasteiger partial charge in [-0.15, -0.1) is 21.5 Å². The molecule has 0 radical (unpaired) electrons. The number of amides is 1. The van der Waals surface area contributed by atoms with Gasteiger partial charge in [-0.1, -0.05) is 23.9 Å². The molecular formula is C22H19FN4O4S2. The van der Waals surface area contributed by atoms with E-state index in [-0.39, 0.29) is 23.0 Å². The van der Waals surface area contributed by atoms with Crippen molar-refractivity contribution in [2.75, 3.05) is 18.2 Å². The number of methoxy groups -OCH3 is 1. The molecule has 1 aromatic carbocycles. The number of nitrogens with one attached hydrogen (secondary N) is 1. The molecule has 4 aromatic rings. The van der Waals surface area contributed by atoms with Gasteiger partial charge in [-0.25, -0.2) is 9.18 Å². The fraction of sp³-hybridized carbons (Fsp3) is 0.182. The average Bonchev–Trinajstić information content (AvgIpc) is 3.51. The van der Waals surface area contributed by atoms with E-state index in [2.05, 4.69) is 15.5 Å². The number of hydrogen-bond acceptors (Lipinski definition) is 8. The molecule has 3 aromatic heterocycles. The van der Waals surface area contributed by atoms with E-state index < -0.39 is 5.97 Å². The zero-order chi connectivity index (χ0) is 23.5. The molecule has 0 saturated carbocycles. The number of esters is 1. The van der Waals surface area contributed by atoms with Crippen LogP contribution >= 0.6 is 23.1 Å². The maximum absolute atomic E-state index is 13.3. The van der Waals surface area contributed by atoms with Crippen molar-refractivity contribution in [3.05, 3.63) is 59.1 Å². The van der Waals surface area contributed by atoms with E-state index in [9.17, 15) is 14.0 Å². The number of carbonyl (C=O) groups is 2. The van der Waals surface area contributed by atoms with Crippen LogP contribution in [-0.4, -0.2) is 39.5 Å². The first-order valence-electron chi connectivity index (χ1n) is 9.71. The molecule has 33 heavy (non-hydrogen) atoms. The summed E-state index contributed by atoms with van der Waals surface area (Å²) in [6.07, 6.45) is 1.58. The number of rotatable bonds is 7. The van der Waals surface area contributed by atoms with Gasteiger partial charge in [0.1, 0.15) is 22.1 Å². The zero-order valence-electron chi connectivity index (χ0n) is 17.9. The number of aromatic nitrogens is 3. The van der Waals surface area contributed by atoms with E-state index in [1.165, 1.54) is 42.3 Å². The normalized spacial score (nSPS) is 10.9. The molecular weight excluding hydrogens is 467 g/mol. The van der Waals surface area contributed by atoms with Crippen molar-refractivity contribution in [3.63, 3.8) is 0 Å². The molecule has 0 aliphatic carbocycles. The van der Waals surface area contributed by atoms with Crippen molar-refractivity contribution in [1.82, 2.24) is 14.8 Å². The zero-order valence-corrected chi connectivity index (χ0v) is 19.6. The van der Waals surface area contributed by atoms with Crippen LogP contribution in [0.2, 0.25) is 0 Å². The number of anilines is 1. The summed E-state index contributed by atoms with van der Waals surface area (Å²) >= 11 is 2.41. The molecule has 11 heteroatoms. The first-order valence-corrected chi connectivity index (χ1v) is 11.6. The van der Waals surface area contributed by atoms with Gasteiger partial charge in [0, 0.05) is 18.0 Å². The molecule has 170 valence electrons. The number of nitrogens with zero attached hydrogens (tertiary/aromatic N) is 3. The number of carbonyl (C=O) groups excluding carboxylic acids is 2. The van der Waals surface area contributed by atoms with Gasteiger partial charge in [0.15, 0.2) is 11.0 Å². The van der Waals surface area contributed by atoms with E-state index >= 15 is 0 Å². The molecule has 0 aliphatic rings. The van der Waals surface area contributed by atoms with Crippen LogP contribution in [0.25, 0.3) is 22.5 Å². The maximum Gasteiger partial charge on any atom is 0.341 e. The van der Waals surface area contributed by atoms with Gasteiger partial charge < -0.3 is 19.0 Å². The molecule has 0 atom stereocenters. The van der Waals surface area contributed by atoms with E-state index in [0.29, 0.717) is 27.1 Å². The topological polar surface area (TPSA) is 99.2 Å². The lowest BCUT2D eigenvalue weighted by molar-refractivity contribution is -0.113. The van der Waals surface area contributed by atoms with Crippen LogP contribution in [0.3, 0.4) is 0 Å². The molecule has 0 spiro atoms. The van der Waals surface area contributed by atoms with Crippen molar-refractivity contribution in [2.24, 2.45) is 7.05 Å². The minimum absolute atomic E-state index is 0.0563. The Morgan fingerprint density at radius 1 is 1.21 bits per heavy atom. The van der Waals surface area contributed by atoms with E-state index in [1.807, 2.05) is 20.0 Å². The molecule has 3 heterocycles. The number of thiophene rings is 1. The second kappa shape index (κ2) is 9.59. The SMILES string of the molecule is COC(=O)c1c(-c2ccc(F)cc2)csc1NC(=O)CSc1nnc(-c2ccoc2C)n1C. The number of halogens is 1. The van der Waals surface area contributed by atoms with Crippen LogP contribution in [-0.2, 0) is 16.6 Å². The summed E-state index contributed by atoms with van der Waals surface area (Å²) < 4.78 is 25.3. The van der Waals surface area contributed by atoms with Crippen molar-refractivity contribution >= 4 is 40.0 Å². The highest BCUT2D eigenvalue weighted by molar-refractivity contribution is 7.99. The standard InChI is InChI=1S/C22H19FN4O4S2/c1-12-15(8-9-31-12)19-25-26-22(27(19)2)33-11-17(28)24-20-18(21(29)30-3)16(10-32-20)13-4-6-14(23)7-5-13/h4-10H,11H2,1-3H3,(H,24,28). The highest BCUT2D eigenvalue weighted by Crippen LogP contribution is 2.36. The van der Waals surface area contributed by atoms with Crippen molar-refractivity contribution in [2.45, 2.75) is 12.1 Å². The molecule has 0 fully saturated rings. The third kappa shape index (κ3) is 4.69. The minimum Gasteiger partial charge on any atom is -0.469 e. The maximum atomic E-state index is 13.3. The number of benzene rings is 1. The predicted octanol–water partition coefficient (Wildman–Crippen LogP) is 4.77. The summed E-state index contributed by atoms with van der Waals surface area (Å²) in [6, 6.07) is 7.56. The smallest absolute Gasteiger partial charge is 0.341 e. The number of thioether (sulfide) groups is 1. The van der Waals surface area contributed by atoms with Crippen LogP contribution in [0.4, 0.5) is 9.39 Å². The van der Waals surface area contributed by atoms with Gasteiger partial charge >= 0.3 is 5.97 Å². The Labute approximate surface area is 196 Å². The first kappa shape index (κ1) is 22.7. The van der Waals surface area contributed by atoms with Crippen LogP contribution in [0, 0.1) is 12.7 Å². The Kier molecular flexibility index (Phi) is 6.61. The van der Waals surface area contributed by atoms with Gasteiger partial charge in [-0.2, -0.15) is 0 Å².